The Morgan fingerprint density at radius 2 is 1.79 bits per heavy atom. The average molecular weight is 577 g/mol. The number of piperidine rings is 1. The Labute approximate surface area is 251 Å². The Bertz CT molecular complexity index is 1650. The highest BCUT2D eigenvalue weighted by Crippen LogP contribution is 2.39. The third-order valence-electron chi connectivity index (χ3n) is 8.26. The standard InChI is InChI=1S/C34H36N6O3/c1-2-31-35-22-30(37-31)24-12-14-26(15-13-24)36-33(32-28-21-27(40(42)43)16-17-29(28)38-34(32)41)25-10-8-23(9-11-25)7-6-20-39-18-4-3-5-19-39/h8-17,21-22,36H,2-7,18-20H2,1H3,(H,35,37)(H,38,41)/b33-32-. The quantitative estimate of drug-likeness (QED) is 0.107. The van der Waals surface area contributed by atoms with Crippen LogP contribution in [0.5, 0.6) is 0 Å². The van der Waals surface area contributed by atoms with Gasteiger partial charge in [-0.15, -0.1) is 0 Å². The molecule has 1 amide bonds. The average Bonchev–Trinajstić information content (AvgIpc) is 3.65. The number of nitrogens with one attached hydrogen (secondary N) is 3. The lowest BCUT2D eigenvalue weighted by atomic mass is 9.98. The normalized spacial score (nSPS) is 16.1. The largest absolute Gasteiger partial charge is 0.354 e. The van der Waals surface area contributed by atoms with E-state index in [1.165, 1.54) is 50.0 Å². The Hall–Kier alpha value is -4.76. The van der Waals surface area contributed by atoms with Crippen molar-refractivity contribution >= 4 is 34.2 Å². The van der Waals surface area contributed by atoms with E-state index in [2.05, 4.69) is 44.6 Å². The third-order valence-corrected chi connectivity index (χ3v) is 8.26. The number of imidazole rings is 1. The summed E-state index contributed by atoms with van der Waals surface area (Å²) in [6.07, 6.45) is 8.75. The number of aromatic nitrogens is 2. The van der Waals surface area contributed by atoms with Gasteiger partial charge in [0.05, 0.1) is 21.9 Å². The summed E-state index contributed by atoms with van der Waals surface area (Å²) in [6, 6.07) is 20.6. The summed E-state index contributed by atoms with van der Waals surface area (Å²) in [7, 11) is 0. The molecule has 2 aliphatic rings. The predicted molar refractivity (Wildman–Crippen MR) is 171 cm³/mol. The number of rotatable bonds is 10. The molecule has 1 saturated heterocycles. The summed E-state index contributed by atoms with van der Waals surface area (Å²) < 4.78 is 0. The molecule has 9 heteroatoms. The highest BCUT2D eigenvalue weighted by Gasteiger charge is 2.30. The van der Waals surface area contributed by atoms with Gasteiger partial charge < -0.3 is 20.5 Å². The maximum atomic E-state index is 13.4. The number of hydrogen-bond donors (Lipinski definition) is 3. The number of H-pyrrole nitrogens is 1. The first kappa shape index (κ1) is 28.4. The van der Waals surface area contributed by atoms with Crippen LogP contribution in [0.15, 0.2) is 72.9 Å². The van der Waals surface area contributed by atoms with Gasteiger partial charge in [-0.1, -0.05) is 49.7 Å². The number of nitro benzene ring substituents is 1. The molecule has 0 unspecified atom stereocenters. The molecule has 0 aliphatic carbocycles. The molecule has 4 aromatic rings. The van der Waals surface area contributed by atoms with Crippen LogP contribution >= 0.6 is 0 Å². The molecule has 2 aliphatic heterocycles. The minimum Gasteiger partial charge on any atom is -0.354 e. The van der Waals surface area contributed by atoms with E-state index >= 15 is 0 Å². The number of nitro groups is 1. The molecule has 43 heavy (non-hydrogen) atoms. The van der Waals surface area contributed by atoms with Crippen molar-refractivity contribution in [1.82, 2.24) is 14.9 Å². The van der Waals surface area contributed by atoms with E-state index in [1.54, 1.807) is 6.07 Å². The molecule has 0 bridgehead atoms. The van der Waals surface area contributed by atoms with Crippen LogP contribution < -0.4 is 10.6 Å². The second-order valence-electron chi connectivity index (χ2n) is 11.2. The van der Waals surface area contributed by atoms with Crippen LogP contribution in [0.4, 0.5) is 17.1 Å². The number of fused-ring (bicyclic) bond motifs is 1. The highest BCUT2D eigenvalue weighted by atomic mass is 16.6. The second kappa shape index (κ2) is 12.6. The number of carbonyl (C=O) groups excluding carboxylic acids is 1. The smallest absolute Gasteiger partial charge is 0.270 e. The fourth-order valence-electron chi connectivity index (χ4n) is 5.88. The van der Waals surface area contributed by atoms with Crippen molar-refractivity contribution in [3.8, 4) is 11.3 Å². The molecule has 3 heterocycles. The van der Waals surface area contributed by atoms with Gasteiger partial charge in [-0.05, 0) is 74.6 Å². The number of nitrogens with zero attached hydrogens (tertiary/aromatic N) is 3. The van der Waals surface area contributed by atoms with Crippen molar-refractivity contribution in [3.63, 3.8) is 0 Å². The number of hydrogen-bond acceptors (Lipinski definition) is 6. The summed E-state index contributed by atoms with van der Waals surface area (Å²) in [5.74, 6) is 0.628. The minimum atomic E-state index is -0.440. The lowest BCUT2D eigenvalue weighted by Crippen LogP contribution is -2.30. The first-order chi connectivity index (χ1) is 21.0. The van der Waals surface area contributed by atoms with Gasteiger partial charge in [0.25, 0.3) is 11.6 Å². The molecular weight excluding hydrogens is 540 g/mol. The molecule has 220 valence electrons. The fourth-order valence-corrected chi connectivity index (χ4v) is 5.88. The van der Waals surface area contributed by atoms with Crippen molar-refractivity contribution in [2.24, 2.45) is 0 Å². The summed E-state index contributed by atoms with van der Waals surface area (Å²) in [5.41, 5.74) is 6.67. The number of non-ortho nitro benzene ring substituents is 1. The van der Waals surface area contributed by atoms with Gasteiger partial charge in [-0.2, -0.15) is 0 Å². The van der Waals surface area contributed by atoms with E-state index in [9.17, 15) is 14.9 Å². The maximum absolute atomic E-state index is 13.4. The van der Waals surface area contributed by atoms with Gasteiger partial charge >= 0.3 is 0 Å². The van der Waals surface area contributed by atoms with Gasteiger partial charge in [0.15, 0.2) is 0 Å². The van der Waals surface area contributed by atoms with E-state index in [4.69, 9.17) is 0 Å². The first-order valence-electron chi connectivity index (χ1n) is 15.1. The number of benzene rings is 3. The summed E-state index contributed by atoms with van der Waals surface area (Å²) in [5, 5.41) is 17.9. The third kappa shape index (κ3) is 6.36. The summed E-state index contributed by atoms with van der Waals surface area (Å²) in [6.45, 7) is 5.57. The van der Waals surface area contributed by atoms with Crippen LogP contribution in [0.1, 0.15) is 55.1 Å². The number of anilines is 2. The monoisotopic (exact) mass is 576 g/mol. The summed E-state index contributed by atoms with van der Waals surface area (Å²) >= 11 is 0. The molecule has 6 rings (SSSR count). The Balaban J connectivity index is 1.30. The second-order valence-corrected chi connectivity index (χ2v) is 11.2. The zero-order chi connectivity index (χ0) is 29.8. The molecule has 0 radical (unpaired) electrons. The molecular formula is C34H36N6O3. The van der Waals surface area contributed by atoms with Crippen LogP contribution in [-0.2, 0) is 17.6 Å². The highest BCUT2D eigenvalue weighted by molar-refractivity contribution is 6.37. The van der Waals surface area contributed by atoms with Crippen molar-refractivity contribution in [2.45, 2.75) is 45.4 Å². The van der Waals surface area contributed by atoms with E-state index in [0.29, 0.717) is 22.5 Å². The van der Waals surface area contributed by atoms with Crippen LogP contribution in [0.25, 0.3) is 22.5 Å². The molecule has 0 spiro atoms. The Morgan fingerprint density at radius 3 is 2.49 bits per heavy atom. The van der Waals surface area contributed by atoms with Crippen molar-refractivity contribution in [3.05, 3.63) is 106 Å². The van der Waals surface area contributed by atoms with Crippen LogP contribution in [0, 0.1) is 10.1 Å². The van der Waals surface area contributed by atoms with Gasteiger partial charge in [-0.3, -0.25) is 14.9 Å². The molecule has 3 N–H and O–H groups in total. The molecule has 9 nitrogen and oxygen atoms in total. The molecule has 1 aromatic heterocycles. The van der Waals surface area contributed by atoms with Crippen LogP contribution in [-0.4, -0.2) is 45.3 Å². The van der Waals surface area contributed by atoms with Gasteiger partial charge in [0.1, 0.15) is 5.82 Å². The van der Waals surface area contributed by atoms with E-state index in [-0.39, 0.29) is 11.6 Å². The Morgan fingerprint density at radius 1 is 1.02 bits per heavy atom. The fraction of sp³-hybridized carbons (Fsp3) is 0.294. The van der Waals surface area contributed by atoms with Crippen LogP contribution in [0.2, 0.25) is 0 Å². The summed E-state index contributed by atoms with van der Waals surface area (Å²) in [4.78, 5) is 34.8. The molecule has 0 saturated carbocycles. The predicted octanol–water partition coefficient (Wildman–Crippen LogP) is 6.90. The van der Waals surface area contributed by atoms with Gasteiger partial charge in [-0.25, -0.2) is 4.98 Å². The van der Waals surface area contributed by atoms with Crippen molar-refractivity contribution in [2.75, 3.05) is 30.3 Å². The number of amides is 1. The van der Waals surface area contributed by atoms with Crippen molar-refractivity contribution < 1.29 is 9.72 Å². The van der Waals surface area contributed by atoms with Gasteiger partial charge in [0.2, 0.25) is 0 Å². The van der Waals surface area contributed by atoms with E-state index in [1.807, 2.05) is 42.6 Å². The van der Waals surface area contributed by atoms with Crippen LogP contribution in [0.3, 0.4) is 0 Å². The SMILES string of the molecule is CCc1nc(-c2ccc(N/C(=C3\C(=O)Nc4ccc([N+](=O)[O-])cc43)c3ccc(CCCN4CCCCC4)cc3)cc2)c[nH]1. The van der Waals surface area contributed by atoms with Gasteiger partial charge in [0, 0.05) is 47.3 Å². The number of aryl methyl sites for hydroxylation is 2. The minimum absolute atomic E-state index is 0.0639. The zero-order valence-electron chi connectivity index (χ0n) is 24.4. The maximum Gasteiger partial charge on any atom is 0.270 e. The zero-order valence-corrected chi connectivity index (χ0v) is 24.4. The topological polar surface area (TPSA) is 116 Å². The molecule has 0 atom stereocenters. The number of aromatic amines is 1. The number of likely N-dealkylation sites (tertiary alicyclic amines) is 1. The molecule has 1 fully saturated rings. The number of carbonyl (C=O) groups is 1. The molecule has 3 aromatic carbocycles. The van der Waals surface area contributed by atoms with Crippen molar-refractivity contribution in [1.29, 1.82) is 0 Å². The van der Waals surface area contributed by atoms with E-state index < -0.39 is 4.92 Å². The lowest BCUT2D eigenvalue weighted by Gasteiger charge is -2.26. The first-order valence-corrected chi connectivity index (χ1v) is 15.1. The lowest BCUT2D eigenvalue weighted by molar-refractivity contribution is -0.384. The van der Waals surface area contributed by atoms with E-state index in [0.717, 1.165) is 54.1 Å². The Kier molecular flexibility index (Phi) is 8.33.